The molecule has 0 aromatic carbocycles. The topological polar surface area (TPSA) is 45.7 Å². The molecule has 1 N–H and O–H groups in total. The molecular weight excluding hydrogens is 228 g/mol. The van der Waals surface area contributed by atoms with Crippen molar-refractivity contribution in [1.82, 2.24) is 0 Å². The van der Waals surface area contributed by atoms with E-state index in [0.717, 1.165) is 18.6 Å². The van der Waals surface area contributed by atoms with Crippen LogP contribution in [0.1, 0.15) is 44.6 Å². The van der Waals surface area contributed by atoms with Gasteiger partial charge in [-0.3, -0.25) is 0 Å². The van der Waals surface area contributed by atoms with Gasteiger partial charge < -0.3 is 9.94 Å². The van der Waals surface area contributed by atoms with E-state index in [4.69, 9.17) is 9.94 Å². The highest BCUT2D eigenvalue weighted by molar-refractivity contribution is 5.77. The second-order valence-corrected chi connectivity index (χ2v) is 4.35. The van der Waals surface area contributed by atoms with Crippen molar-refractivity contribution in [3.63, 3.8) is 0 Å². The number of unbranched alkanes of at least 4 members (excludes halogenated alkanes) is 4. The minimum absolute atomic E-state index is 0.543. The van der Waals surface area contributed by atoms with Gasteiger partial charge in [0.25, 0.3) is 6.73 Å². The largest absolute Gasteiger partial charge is 0.411 e. The highest BCUT2D eigenvalue weighted by atomic mass is 16.5. The van der Waals surface area contributed by atoms with Crippen LogP contribution in [0.2, 0.25) is 0 Å². The second-order valence-electron chi connectivity index (χ2n) is 4.35. The molecule has 0 aliphatic carbocycles. The fourth-order valence-corrected chi connectivity index (χ4v) is 1.74. The molecular formula is C14H23N2O2+. The molecule has 0 saturated carbocycles. The average molecular weight is 251 g/mol. The molecule has 0 atom stereocenters. The molecule has 18 heavy (non-hydrogen) atoms. The Kier molecular flexibility index (Phi) is 7.80. The van der Waals surface area contributed by atoms with Crippen LogP contribution in [0.3, 0.4) is 0 Å². The first kappa shape index (κ1) is 14.6. The van der Waals surface area contributed by atoms with E-state index in [1.54, 1.807) is 0 Å². The molecule has 1 rings (SSSR count). The number of hydrogen-bond acceptors (Lipinski definition) is 3. The Bertz CT molecular complexity index is 353. The summed E-state index contributed by atoms with van der Waals surface area (Å²) in [4.78, 5) is 0. The SMILES string of the molecule is CCCCCCCOC[n+]1cccc(/C=N/O)c1. The van der Waals surface area contributed by atoms with Crippen molar-refractivity contribution in [2.45, 2.75) is 45.8 Å². The quantitative estimate of drug-likeness (QED) is 0.241. The number of aromatic nitrogens is 1. The van der Waals surface area contributed by atoms with Gasteiger partial charge in [-0.2, -0.15) is 4.57 Å². The molecule has 0 aliphatic heterocycles. The molecule has 0 unspecified atom stereocenters. The van der Waals surface area contributed by atoms with Crippen LogP contribution in [0, 0.1) is 0 Å². The predicted octanol–water partition coefficient (Wildman–Crippen LogP) is 2.73. The molecule has 0 spiro atoms. The second kappa shape index (κ2) is 9.59. The smallest absolute Gasteiger partial charge is 0.252 e. The Morgan fingerprint density at radius 1 is 1.33 bits per heavy atom. The number of oxime groups is 1. The zero-order valence-electron chi connectivity index (χ0n) is 11.1. The van der Waals surface area contributed by atoms with Crippen LogP contribution in [-0.4, -0.2) is 18.0 Å². The normalized spacial score (nSPS) is 11.2. The van der Waals surface area contributed by atoms with E-state index in [1.165, 1.54) is 31.9 Å². The standard InChI is InChI=1S/C14H22N2O2/c1-2-3-4-5-6-10-18-13-16-9-7-8-14(12-16)11-15-17/h7-9,11-12H,2-6,10,13H2,1H3/p+1/b15-11+. The third-order valence-electron chi connectivity index (χ3n) is 2.72. The third kappa shape index (κ3) is 6.35. The van der Waals surface area contributed by atoms with E-state index in [-0.39, 0.29) is 0 Å². The number of nitrogens with zero attached hydrogens (tertiary/aromatic N) is 2. The summed E-state index contributed by atoms with van der Waals surface area (Å²) in [5.74, 6) is 0. The molecule has 0 aliphatic rings. The molecule has 0 radical (unpaired) electrons. The fraction of sp³-hybridized carbons (Fsp3) is 0.571. The molecule has 1 aromatic heterocycles. The van der Waals surface area contributed by atoms with E-state index >= 15 is 0 Å². The fourth-order valence-electron chi connectivity index (χ4n) is 1.74. The van der Waals surface area contributed by atoms with E-state index in [0.29, 0.717) is 6.73 Å². The van der Waals surface area contributed by atoms with Gasteiger partial charge in [-0.1, -0.05) is 37.8 Å². The highest BCUT2D eigenvalue weighted by Crippen LogP contribution is 2.02. The summed E-state index contributed by atoms with van der Waals surface area (Å²) in [6, 6.07) is 3.78. The van der Waals surface area contributed by atoms with Crippen molar-refractivity contribution in [3.05, 3.63) is 30.1 Å². The summed E-state index contributed by atoms with van der Waals surface area (Å²) < 4.78 is 7.52. The molecule has 4 nitrogen and oxygen atoms in total. The maximum absolute atomic E-state index is 8.46. The first-order valence-corrected chi connectivity index (χ1v) is 6.61. The van der Waals surface area contributed by atoms with Gasteiger partial charge in [-0.25, -0.2) is 0 Å². The first-order valence-electron chi connectivity index (χ1n) is 6.61. The van der Waals surface area contributed by atoms with E-state index in [1.807, 2.05) is 29.1 Å². The van der Waals surface area contributed by atoms with Crippen molar-refractivity contribution in [1.29, 1.82) is 0 Å². The Hall–Kier alpha value is -1.42. The maximum Gasteiger partial charge on any atom is 0.252 e. The Balaban J connectivity index is 2.17. The molecule has 100 valence electrons. The van der Waals surface area contributed by atoms with Gasteiger partial charge in [0.2, 0.25) is 0 Å². The third-order valence-corrected chi connectivity index (χ3v) is 2.72. The van der Waals surface area contributed by atoms with Crippen LogP contribution in [0.25, 0.3) is 0 Å². The highest BCUT2D eigenvalue weighted by Gasteiger charge is 2.01. The molecule has 0 saturated heterocycles. The van der Waals surface area contributed by atoms with Crippen LogP contribution in [0.15, 0.2) is 29.7 Å². The maximum atomic E-state index is 8.46. The van der Waals surface area contributed by atoms with Crippen molar-refractivity contribution in [2.75, 3.05) is 6.61 Å². The molecule has 0 fully saturated rings. The van der Waals surface area contributed by atoms with Crippen molar-refractivity contribution < 1.29 is 14.5 Å². The number of pyridine rings is 1. The van der Waals surface area contributed by atoms with Crippen molar-refractivity contribution in [2.24, 2.45) is 5.16 Å². The number of ether oxygens (including phenoxy) is 1. The minimum Gasteiger partial charge on any atom is -0.411 e. The van der Waals surface area contributed by atoms with Crippen LogP contribution in [0.4, 0.5) is 0 Å². The van der Waals surface area contributed by atoms with Gasteiger partial charge in [-0.15, -0.1) is 0 Å². The van der Waals surface area contributed by atoms with Crippen molar-refractivity contribution in [3.8, 4) is 0 Å². The summed E-state index contributed by atoms with van der Waals surface area (Å²) in [7, 11) is 0. The molecule has 0 amide bonds. The van der Waals surface area contributed by atoms with Gasteiger partial charge in [0, 0.05) is 6.07 Å². The Labute approximate surface area is 109 Å². The molecule has 0 bridgehead atoms. The molecule has 1 aromatic rings. The summed E-state index contributed by atoms with van der Waals surface area (Å²) in [6.07, 6.45) is 11.5. The number of hydrogen-bond donors (Lipinski definition) is 1. The summed E-state index contributed by atoms with van der Waals surface area (Å²) in [5.41, 5.74) is 0.853. The summed E-state index contributed by atoms with van der Waals surface area (Å²) in [5, 5.41) is 11.5. The van der Waals surface area contributed by atoms with Gasteiger partial charge in [0.05, 0.1) is 18.4 Å². The minimum atomic E-state index is 0.543. The van der Waals surface area contributed by atoms with E-state index in [9.17, 15) is 0 Å². The Morgan fingerprint density at radius 3 is 2.94 bits per heavy atom. The van der Waals surface area contributed by atoms with Crippen molar-refractivity contribution >= 4 is 6.21 Å². The lowest BCUT2D eigenvalue weighted by Crippen LogP contribution is -2.34. The van der Waals surface area contributed by atoms with Gasteiger partial charge >= 0.3 is 0 Å². The van der Waals surface area contributed by atoms with Crippen LogP contribution >= 0.6 is 0 Å². The average Bonchev–Trinajstić information content (AvgIpc) is 2.39. The molecule has 4 heteroatoms. The summed E-state index contributed by atoms with van der Waals surface area (Å²) >= 11 is 0. The predicted molar refractivity (Wildman–Crippen MR) is 70.7 cm³/mol. The zero-order valence-corrected chi connectivity index (χ0v) is 11.1. The lowest BCUT2D eigenvalue weighted by molar-refractivity contribution is -0.732. The van der Waals surface area contributed by atoms with Gasteiger partial charge in [0.1, 0.15) is 0 Å². The van der Waals surface area contributed by atoms with Crippen LogP contribution < -0.4 is 4.57 Å². The van der Waals surface area contributed by atoms with Gasteiger partial charge in [-0.05, 0) is 12.5 Å². The summed E-state index contributed by atoms with van der Waals surface area (Å²) in [6.45, 7) is 3.56. The lowest BCUT2D eigenvalue weighted by Gasteiger charge is -2.01. The van der Waals surface area contributed by atoms with E-state index in [2.05, 4.69) is 12.1 Å². The monoisotopic (exact) mass is 251 g/mol. The van der Waals surface area contributed by atoms with Gasteiger partial charge in [0.15, 0.2) is 12.4 Å². The van der Waals surface area contributed by atoms with E-state index < -0.39 is 0 Å². The zero-order chi connectivity index (χ0) is 13.1. The van der Waals surface area contributed by atoms with Crippen LogP contribution in [0.5, 0.6) is 0 Å². The number of rotatable bonds is 9. The molecule has 1 heterocycles. The lowest BCUT2D eigenvalue weighted by atomic mass is 10.2. The van der Waals surface area contributed by atoms with Crippen LogP contribution in [-0.2, 0) is 11.5 Å². The Morgan fingerprint density at radius 2 is 2.17 bits per heavy atom. The first-order chi connectivity index (χ1) is 8.86.